The lowest BCUT2D eigenvalue weighted by Gasteiger charge is -2.21. The molecule has 0 spiro atoms. The second-order valence-corrected chi connectivity index (χ2v) is 4.70. The highest BCUT2D eigenvalue weighted by Gasteiger charge is 2.14. The van der Waals surface area contributed by atoms with E-state index in [1.807, 2.05) is 19.1 Å². The van der Waals surface area contributed by atoms with Crippen molar-refractivity contribution in [2.45, 2.75) is 45.6 Å². The van der Waals surface area contributed by atoms with Gasteiger partial charge in [0.05, 0.1) is 6.61 Å². The highest BCUT2D eigenvalue weighted by molar-refractivity contribution is 5.36. The van der Waals surface area contributed by atoms with Gasteiger partial charge in [-0.05, 0) is 45.2 Å². The molecule has 0 radical (unpaired) electrons. The Morgan fingerprint density at radius 2 is 2.11 bits per heavy atom. The molecule has 0 saturated heterocycles. The molecule has 0 aliphatic heterocycles. The molecule has 0 aliphatic carbocycles. The number of unbranched alkanes of at least 4 members (excludes halogenated alkanes) is 1. The zero-order chi connectivity index (χ0) is 13.9. The van der Waals surface area contributed by atoms with Crippen molar-refractivity contribution in [1.29, 1.82) is 0 Å². The van der Waals surface area contributed by atoms with E-state index in [1.165, 1.54) is 5.56 Å². The average molecular weight is 261 g/mol. The highest BCUT2D eigenvalue weighted by Crippen LogP contribution is 2.28. The summed E-state index contributed by atoms with van der Waals surface area (Å²) in [6.07, 6.45) is 6.49. The second kappa shape index (κ2) is 9.62. The number of hydrogen-bond acceptors (Lipinski definition) is 2. The number of para-hydroxylation sites is 1. The van der Waals surface area contributed by atoms with Gasteiger partial charge in [0.1, 0.15) is 5.75 Å². The minimum atomic E-state index is 0.377. The number of nitrogens with one attached hydrogen (secondary N) is 1. The van der Waals surface area contributed by atoms with E-state index in [4.69, 9.17) is 4.74 Å². The van der Waals surface area contributed by atoms with Crippen molar-refractivity contribution >= 4 is 0 Å². The zero-order valence-corrected chi connectivity index (χ0v) is 12.3. The van der Waals surface area contributed by atoms with Crippen LogP contribution in [0.15, 0.2) is 36.9 Å². The number of ether oxygens (including phenoxy) is 1. The summed E-state index contributed by atoms with van der Waals surface area (Å²) in [5.41, 5.74) is 1.28. The lowest BCUT2D eigenvalue weighted by Crippen LogP contribution is -2.22. The smallest absolute Gasteiger partial charge is 0.124 e. The maximum Gasteiger partial charge on any atom is 0.124 e. The van der Waals surface area contributed by atoms with E-state index in [0.29, 0.717) is 12.6 Å². The van der Waals surface area contributed by atoms with E-state index in [9.17, 15) is 0 Å². The van der Waals surface area contributed by atoms with Crippen LogP contribution in [-0.4, -0.2) is 13.2 Å². The van der Waals surface area contributed by atoms with Crippen molar-refractivity contribution in [3.8, 4) is 5.75 Å². The third-order valence-corrected chi connectivity index (χ3v) is 3.14. The first-order valence-corrected chi connectivity index (χ1v) is 7.39. The van der Waals surface area contributed by atoms with Crippen molar-refractivity contribution in [2.24, 2.45) is 0 Å². The summed E-state index contributed by atoms with van der Waals surface area (Å²) in [5.74, 6) is 1.01. The molecule has 1 aromatic carbocycles. The SMILES string of the molecule is C=CCCCC(NCCC)c1ccccc1OCC. The molecule has 0 fully saturated rings. The minimum Gasteiger partial charge on any atom is -0.494 e. The molecule has 1 N–H and O–H groups in total. The number of rotatable bonds is 10. The minimum absolute atomic E-state index is 0.377. The van der Waals surface area contributed by atoms with Crippen LogP contribution in [0.3, 0.4) is 0 Å². The molecule has 0 bridgehead atoms. The molecule has 1 unspecified atom stereocenters. The molecule has 1 atom stereocenters. The Labute approximate surface area is 117 Å². The Bertz CT molecular complexity index is 362. The van der Waals surface area contributed by atoms with Crippen LogP contribution in [0.1, 0.15) is 51.1 Å². The van der Waals surface area contributed by atoms with E-state index < -0.39 is 0 Å². The summed E-state index contributed by atoms with van der Waals surface area (Å²) in [5, 5.41) is 3.63. The molecular weight excluding hydrogens is 234 g/mol. The normalized spacial score (nSPS) is 12.1. The number of hydrogen-bond donors (Lipinski definition) is 1. The van der Waals surface area contributed by atoms with Crippen LogP contribution < -0.4 is 10.1 Å². The summed E-state index contributed by atoms with van der Waals surface area (Å²) in [6.45, 7) is 9.78. The van der Waals surface area contributed by atoms with Crippen LogP contribution in [0.2, 0.25) is 0 Å². The van der Waals surface area contributed by atoms with Gasteiger partial charge in [-0.1, -0.05) is 31.2 Å². The molecule has 0 aliphatic rings. The molecule has 0 aromatic heterocycles. The van der Waals surface area contributed by atoms with Crippen LogP contribution in [0.5, 0.6) is 5.75 Å². The van der Waals surface area contributed by atoms with Gasteiger partial charge < -0.3 is 10.1 Å². The van der Waals surface area contributed by atoms with Gasteiger partial charge >= 0.3 is 0 Å². The predicted molar refractivity (Wildman–Crippen MR) is 82.7 cm³/mol. The van der Waals surface area contributed by atoms with Gasteiger partial charge in [-0.15, -0.1) is 6.58 Å². The molecule has 0 saturated carbocycles. The van der Waals surface area contributed by atoms with E-state index in [2.05, 4.69) is 37.0 Å². The van der Waals surface area contributed by atoms with Gasteiger partial charge in [0.15, 0.2) is 0 Å². The van der Waals surface area contributed by atoms with Gasteiger partial charge in [0.25, 0.3) is 0 Å². The largest absolute Gasteiger partial charge is 0.494 e. The molecule has 19 heavy (non-hydrogen) atoms. The molecular formula is C17H27NO. The summed E-state index contributed by atoms with van der Waals surface area (Å²) in [6, 6.07) is 8.74. The Balaban J connectivity index is 2.78. The molecule has 1 aromatic rings. The lowest BCUT2D eigenvalue weighted by molar-refractivity contribution is 0.329. The highest BCUT2D eigenvalue weighted by atomic mass is 16.5. The van der Waals surface area contributed by atoms with E-state index in [1.54, 1.807) is 0 Å². The number of benzene rings is 1. The quantitative estimate of drug-likeness (QED) is 0.495. The van der Waals surface area contributed by atoms with Crippen LogP contribution >= 0.6 is 0 Å². The summed E-state index contributed by atoms with van der Waals surface area (Å²) >= 11 is 0. The van der Waals surface area contributed by atoms with Crippen molar-refractivity contribution in [3.63, 3.8) is 0 Å². The fourth-order valence-corrected chi connectivity index (χ4v) is 2.21. The van der Waals surface area contributed by atoms with Gasteiger partial charge in [0, 0.05) is 11.6 Å². The van der Waals surface area contributed by atoms with Gasteiger partial charge in [-0.3, -0.25) is 0 Å². The molecule has 0 amide bonds. The van der Waals surface area contributed by atoms with Crippen LogP contribution in [0, 0.1) is 0 Å². The third-order valence-electron chi connectivity index (χ3n) is 3.14. The predicted octanol–water partition coefficient (Wildman–Crippen LogP) is 4.48. The van der Waals surface area contributed by atoms with Crippen molar-refractivity contribution in [1.82, 2.24) is 5.32 Å². The first kappa shape index (κ1) is 15.8. The topological polar surface area (TPSA) is 21.3 Å². The molecule has 1 rings (SSSR count). The monoisotopic (exact) mass is 261 g/mol. The Kier molecular flexibility index (Phi) is 7.99. The third kappa shape index (κ3) is 5.48. The van der Waals surface area contributed by atoms with Gasteiger partial charge in [-0.25, -0.2) is 0 Å². The standard InChI is InChI=1S/C17H27NO/c1-4-7-8-12-16(18-14-5-2)15-11-9-10-13-17(15)19-6-3/h4,9-11,13,16,18H,1,5-8,12,14H2,2-3H3. The first-order valence-electron chi connectivity index (χ1n) is 7.39. The van der Waals surface area contributed by atoms with Crippen molar-refractivity contribution in [3.05, 3.63) is 42.5 Å². The summed E-state index contributed by atoms with van der Waals surface area (Å²) in [7, 11) is 0. The van der Waals surface area contributed by atoms with Crippen molar-refractivity contribution in [2.75, 3.05) is 13.2 Å². The Hall–Kier alpha value is -1.28. The molecule has 2 nitrogen and oxygen atoms in total. The molecule has 106 valence electrons. The summed E-state index contributed by atoms with van der Waals surface area (Å²) < 4.78 is 5.74. The lowest BCUT2D eigenvalue weighted by atomic mass is 9.99. The Morgan fingerprint density at radius 1 is 1.32 bits per heavy atom. The molecule has 0 heterocycles. The van der Waals surface area contributed by atoms with E-state index in [0.717, 1.165) is 38.0 Å². The fraction of sp³-hybridized carbons (Fsp3) is 0.529. The second-order valence-electron chi connectivity index (χ2n) is 4.70. The average Bonchev–Trinajstić information content (AvgIpc) is 2.44. The molecule has 2 heteroatoms. The Morgan fingerprint density at radius 3 is 2.79 bits per heavy atom. The van der Waals surface area contributed by atoms with Crippen LogP contribution in [0.25, 0.3) is 0 Å². The summed E-state index contributed by atoms with van der Waals surface area (Å²) in [4.78, 5) is 0. The van der Waals surface area contributed by atoms with Crippen LogP contribution in [-0.2, 0) is 0 Å². The van der Waals surface area contributed by atoms with E-state index in [-0.39, 0.29) is 0 Å². The van der Waals surface area contributed by atoms with Gasteiger partial charge in [-0.2, -0.15) is 0 Å². The zero-order valence-electron chi connectivity index (χ0n) is 12.3. The van der Waals surface area contributed by atoms with E-state index >= 15 is 0 Å². The van der Waals surface area contributed by atoms with Crippen LogP contribution in [0.4, 0.5) is 0 Å². The number of allylic oxidation sites excluding steroid dienone is 1. The maximum atomic E-state index is 5.74. The van der Waals surface area contributed by atoms with Crippen molar-refractivity contribution < 1.29 is 4.74 Å². The fourth-order valence-electron chi connectivity index (χ4n) is 2.21. The first-order chi connectivity index (χ1) is 9.33. The maximum absolute atomic E-state index is 5.74. The van der Waals surface area contributed by atoms with Gasteiger partial charge in [0.2, 0.25) is 0 Å².